The van der Waals surface area contributed by atoms with Crippen molar-refractivity contribution in [3.05, 3.63) is 64.9 Å². The molecule has 0 radical (unpaired) electrons. The molecule has 1 aromatic heterocycles. The van der Waals surface area contributed by atoms with Gasteiger partial charge in [0.05, 0.1) is 17.9 Å². The number of para-hydroxylation sites is 1. The zero-order valence-corrected chi connectivity index (χ0v) is 16.2. The number of benzene rings is 2. The molecular formula is C19H18BrN5O2. The monoisotopic (exact) mass is 427 g/mol. The lowest BCUT2D eigenvalue weighted by Crippen LogP contribution is -2.10. The molecule has 3 aromatic rings. The summed E-state index contributed by atoms with van der Waals surface area (Å²) < 4.78 is 6.06. The van der Waals surface area contributed by atoms with Gasteiger partial charge in [0.1, 0.15) is 12.0 Å². The summed E-state index contributed by atoms with van der Waals surface area (Å²) in [5.74, 6) is 0.436. The van der Waals surface area contributed by atoms with Crippen LogP contribution in [0.4, 0.5) is 28.7 Å². The molecule has 0 aliphatic carbocycles. The predicted octanol–water partition coefficient (Wildman–Crippen LogP) is 4.49. The Morgan fingerprint density at radius 2 is 1.74 bits per heavy atom. The van der Waals surface area contributed by atoms with E-state index in [1.165, 1.54) is 6.33 Å². The number of anilines is 5. The number of carbonyl (C=O) groups is 1. The second kappa shape index (κ2) is 8.50. The average molecular weight is 428 g/mol. The first kappa shape index (κ1) is 18.7. The Morgan fingerprint density at radius 1 is 1.07 bits per heavy atom. The zero-order chi connectivity index (χ0) is 19.2. The number of hydrogen-bond acceptors (Lipinski definition) is 7. The Bertz CT molecular complexity index is 947. The average Bonchev–Trinajstić information content (AvgIpc) is 2.67. The van der Waals surface area contributed by atoms with Crippen LogP contribution in [0.25, 0.3) is 0 Å². The van der Waals surface area contributed by atoms with Crippen LogP contribution < -0.4 is 16.4 Å². The van der Waals surface area contributed by atoms with Gasteiger partial charge in [-0.15, -0.1) is 0 Å². The third kappa shape index (κ3) is 4.53. The van der Waals surface area contributed by atoms with Crippen LogP contribution in [0.2, 0.25) is 0 Å². The number of hydrogen-bond donors (Lipinski definition) is 3. The van der Waals surface area contributed by atoms with E-state index in [2.05, 4.69) is 36.5 Å². The van der Waals surface area contributed by atoms with Gasteiger partial charge in [0.25, 0.3) is 0 Å². The van der Waals surface area contributed by atoms with Crippen molar-refractivity contribution in [3.8, 4) is 0 Å². The van der Waals surface area contributed by atoms with Crippen LogP contribution in [0, 0.1) is 0 Å². The smallest absolute Gasteiger partial charge is 0.340 e. The molecular weight excluding hydrogens is 410 g/mol. The van der Waals surface area contributed by atoms with Gasteiger partial charge in [0.15, 0.2) is 11.6 Å². The van der Waals surface area contributed by atoms with E-state index in [1.54, 1.807) is 25.1 Å². The summed E-state index contributed by atoms with van der Waals surface area (Å²) in [6, 6.07) is 14.6. The van der Waals surface area contributed by atoms with E-state index in [0.29, 0.717) is 35.2 Å². The van der Waals surface area contributed by atoms with Crippen molar-refractivity contribution >= 4 is 50.6 Å². The number of nitrogens with zero attached hydrogens (tertiary/aromatic N) is 2. The number of halogens is 1. The summed E-state index contributed by atoms with van der Waals surface area (Å²) in [5, 5.41) is 6.25. The van der Waals surface area contributed by atoms with Crippen LogP contribution in [0.15, 0.2) is 59.3 Å². The number of esters is 1. The van der Waals surface area contributed by atoms with Crippen LogP contribution in [-0.2, 0) is 4.74 Å². The molecule has 0 spiro atoms. The lowest BCUT2D eigenvalue weighted by molar-refractivity contribution is 0.0527. The second-order valence-electron chi connectivity index (χ2n) is 5.51. The molecule has 138 valence electrons. The highest BCUT2D eigenvalue weighted by Crippen LogP contribution is 2.29. The Balaban J connectivity index is 1.87. The predicted molar refractivity (Wildman–Crippen MR) is 110 cm³/mol. The summed E-state index contributed by atoms with van der Waals surface area (Å²) in [5.41, 5.74) is 8.34. The largest absolute Gasteiger partial charge is 0.462 e. The van der Waals surface area contributed by atoms with Crippen molar-refractivity contribution in [3.63, 3.8) is 0 Å². The number of nitrogen functional groups attached to an aromatic ring is 1. The molecule has 3 rings (SSSR count). The van der Waals surface area contributed by atoms with Gasteiger partial charge in [-0.25, -0.2) is 14.8 Å². The summed E-state index contributed by atoms with van der Waals surface area (Å²) >= 11 is 3.40. The fraction of sp³-hybridized carbons (Fsp3) is 0.105. The van der Waals surface area contributed by atoms with Crippen molar-refractivity contribution in [1.82, 2.24) is 9.97 Å². The molecule has 7 nitrogen and oxygen atoms in total. The molecule has 0 atom stereocenters. The Hall–Kier alpha value is -3.13. The minimum Gasteiger partial charge on any atom is -0.462 e. The first-order chi connectivity index (χ1) is 13.1. The molecule has 4 N–H and O–H groups in total. The summed E-state index contributed by atoms with van der Waals surface area (Å²) in [6.45, 7) is 2.06. The van der Waals surface area contributed by atoms with Gasteiger partial charge in [-0.1, -0.05) is 28.1 Å². The van der Waals surface area contributed by atoms with E-state index in [0.717, 1.165) is 10.2 Å². The Kier molecular flexibility index (Phi) is 5.87. The van der Waals surface area contributed by atoms with Crippen LogP contribution in [-0.4, -0.2) is 22.5 Å². The SMILES string of the molecule is CCOC(=O)c1ccccc1Nc1ncnc(Nc2ccc(Br)cc2)c1N. The molecule has 0 amide bonds. The standard InChI is InChI=1S/C19H18BrN5O2/c1-2-27-19(26)14-5-3-4-6-15(14)25-18-16(21)17(22-11-23-18)24-13-9-7-12(20)8-10-13/h3-11H,2,21H2,1H3,(H2,22,23,24,25). The van der Waals surface area contributed by atoms with Crippen LogP contribution in [0.5, 0.6) is 0 Å². The number of ether oxygens (including phenoxy) is 1. The van der Waals surface area contributed by atoms with Gasteiger partial charge in [0, 0.05) is 10.2 Å². The topological polar surface area (TPSA) is 102 Å². The third-order valence-corrected chi connectivity index (χ3v) is 4.20. The first-order valence-electron chi connectivity index (χ1n) is 8.24. The molecule has 0 saturated carbocycles. The minimum absolute atomic E-state index is 0.296. The van der Waals surface area contributed by atoms with E-state index in [9.17, 15) is 4.79 Å². The third-order valence-electron chi connectivity index (χ3n) is 3.67. The quantitative estimate of drug-likeness (QED) is 0.498. The van der Waals surface area contributed by atoms with Gasteiger partial charge in [-0.3, -0.25) is 0 Å². The summed E-state index contributed by atoms with van der Waals surface area (Å²) in [6.07, 6.45) is 1.40. The molecule has 0 fully saturated rings. The highest BCUT2D eigenvalue weighted by Gasteiger charge is 2.15. The number of nitrogens with one attached hydrogen (secondary N) is 2. The molecule has 1 heterocycles. The molecule has 0 unspecified atom stereocenters. The number of carbonyl (C=O) groups excluding carboxylic acids is 1. The van der Waals surface area contributed by atoms with E-state index in [1.807, 2.05) is 30.3 Å². The fourth-order valence-corrected chi connectivity index (χ4v) is 2.64. The maximum atomic E-state index is 12.1. The van der Waals surface area contributed by atoms with Crippen molar-refractivity contribution in [2.24, 2.45) is 0 Å². The van der Waals surface area contributed by atoms with Gasteiger partial charge in [-0.2, -0.15) is 0 Å². The Labute approximate surface area is 165 Å². The van der Waals surface area contributed by atoms with Crippen LogP contribution in [0.1, 0.15) is 17.3 Å². The number of nitrogens with two attached hydrogens (primary N) is 1. The molecule has 0 aliphatic rings. The number of aromatic nitrogens is 2. The highest BCUT2D eigenvalue weighted by molar-refractivity contribution is 9.10. The van der Waals surface area contributed by atoms with E-state index in [-0.39, 0.29) is 0 Å². The maximum absolute atomic E-state index is 12.1. The van der Waals surface area contributed by atoms with Gasteiger partial charge >= 0.3 is 5.97 Å². The molecule has 0 bridgehead atoms. The second-order valence-corrected chi connectivity index (χ2v) is 6.42. The van der Waals surface area contributed by atoms with Gasteiger partial charge < -0.3 is 21.1 Å². The normalized spacial score (nSPS) is 10.3. The van der Waals surface area contributed by atoms with Crippen molar-refractivity contribution < 1.29 is 9.53 Å². The molecule has 0 aliphatic heterocycles. The lowest BCUT2D eigenvalue weighted by atomic mass is 10.2. The highest BCUT2D eigenvalue weighted by atomic mass is 79.9. The zero-order valence-electron chi connectivity index (χ0n) is 14.6. The summed E-state index contributed by atoms with van der Waals surface area (Å²) in [7, 11) is 0. The van der Waals surface area contributed by atoms with Crippen LogP contribution >= 0.6 is 15.9 Å². The number of rotatable bonds is 6. The van der Waals surface area contributed by atoms with E-state index < -0.39 is 5.97 Å². The van der Waals surface area contributed by atoms with Crippen molar-refractivity contribution in [1.29, 1.82) is 0 Å². The fourth-order valence-electron chi connectivity index (χ4n) is 2.37. The van der Waals surface area contributed by atoms with Crippen molar-refractivity contribution in [2.45, 2.75) is 6.92 Å². The van der Waals surface area contributed by atoms with Gasteiger partial charge in [0.2, 0.25) is 0 Å². The minimum atomic E-state index is -0.415. The molecule has 27 heavy (non-hydrogen) atoms. The van der Waals surface area contributed by atoms with E-state index in [4.69, 9.17) is 10.5 Å². The molecule has 0 saturated heterocycles. The first-order valence-corrected chi connectivity index (χ1v) is 9.04. The van der Waals surface area contributed by atoms with Gasteiger partial charge in [-0.05, 0) is 43.3 Å². The van der Waals surface area contributed by atoms with E-state index >= 15 is 0 Å². The lowest BCUT2D eigenvalue weighted by Gasteiger charge is -2.14. The molecule has 8 heteroatoms. The summed E-state index contributed by atoms with van der Waals surface area (Å²) in [4.78, 5) is 20.5. The maximum Gasteiger partial charge on any atom is 0.340 e. The Morgan fingerprint density at radius 3 is 2.44 bits per heavy atom. The molecule has 2 aromatic carbocycles. The van der Waals surface area contributed by atoms with Crippen molar-refractivity contribution in [2.75, 3.05) is 23.0 Å². The van der Waals surface area contributed by atoms with Crippen LogP contribution in [0.3, 0.4) is 0 Å².